The molecule has 1 aromatic carbocycles. The lowest BCUT2D eigenvalue weighted by atomic mass is 10.2. The second-order valence-corrected chi connectivity index (χ2v) is 5.72. The molecule has 2 heterocycles. The highest BCUT2D eigenvalue weighted by Crippen LogP contribution is 2.16. The van der Waals surface area contributed by atoms with E-state index >= 15 is 0 Å². The van der Waals surface area contributed by atoms with Gasteiger partial charge in [-0.3, -0.25) is 9.48 Å². The monoisotopic (exact) mass is 339 g/mol. The van der Waals surface area contributed by atoms with Crippen LogP contribution in [-0.2, 0) is 19.7 Å². The van der Waals surface area contributed by atoms with Crippen molar-refractivity contribution in [3.05, 3.63) is 71.4 Å². The molecule has 0 atom stereocenters. The Morgan fingerprint density at radius 1 is 1.28 bits per heavy atom. The van der Waals surface area contributed by atoms with Crippen molar-refractivity contribution in [2.24, 2.45) is 0 Å². The van der Waals surface area contributed by atoms with Gasteiger partial charge in [0.25, 0.3) is 5.91 Å². The van der Waals surface area contributed by atoms with Crippen molar-refractivity contribution in [2.75, 3.05) is 0 Å². The van der Waals surface area contributed by atoms with Crippen molar-refractivity contribution in [2.45, 2.75) is 33.5 Å². The van der Waals surface area contributed by atoms with Crippen LogP contribution in [0.15, 0.2) is 53.1 Å². The summed E-state index contributed by atoms with van der Waals surface area (Å²) in [4.78, 5) is 12.1. The van der Waals surface area contributed by atoms with Gasteiger partial charge in [0.05, 0.1) is 12.2 Å². The van der Waals surface area contributed by atoms with Crippen LogP contribution >= 0.6 is 0 Å². The molecular weight excluding hydrogens is 318 g/mol. The summed E-state index contributed by atoms with van der Waals surface area (Å²) in [6.07, 6.45) is 1.88. The molecule has 1 amide bonds. The molecule has 3 aromatic rings. The second-order valence-electron chi connectivity index (χ2n) is 5.72. The fourth-order valence-electron chi connectivity index (χ4n) is 2.37. The Kier molecular flexibility index (Phi) is 5.18. The highest BCUT2D eigenvalue weighted by molar-refractivity contribution is 5.91. The molecule has 25 heavy (non-hydrogen) atoms. The number of aryl methyl sites for hydroxylation is 2. The van der Waals surface area contributed by atoms with Gasteiger partial charge in [-0.2, -0.15) is 5.10 Å². The van der Waals surface area contributed by atoms with Crippen LogP contribution in [0.4, 0.5) is 0 Å². The molecule has 6 heteroatoms. The van der Waals surface area contributed by atoms with Crippen molar-refractivity contribution < 1.29 is 13.9 Å². The van der Waals surface area contributed by atoms with E-state index in [9.17, 15) is 4.79 Å². The molecule has 0 saturated heterocycles. The first-order valence-electron chi connectivity index (χ1n) is 8.23. The fourth-order valence-corrected chi connectivity index (χ4v) is 2.37. The maximum Gasteiger partial charge on any atom is 0.287 e. The molecule has 0 aliphatic carbocycles. The lowest BCUT2D eigenvalue weighted by Gasteiger charge is -2.05. The molecule has 3 rings (SSSR count). The second kappa shape index (κ2) is 7.70. The number of nitrogens with one attached hydrogen (secondary N) is 1. The molecule has 0 aliphatic heterocycles. The lowest BCUT2D eigenvalue weighted by molar-refractivity contribution is 0.0918. The first-order valence-corrected chi connectivity index (χ1v) is 8.23. The van der Waals surface area contributed by atoms with Crippen molar-refractivity contribution >= 4 is 5.91 Å². The van der Waals surface area contributed by atoms with Crippen LogP contribution < -0.4 is 10.1 Å². The van der Waals surface area contributed by atoms with Crippen LogP contribution in [0, 0.1) is 6.92 Å². The van der Waals surface area contributed by atoms with Crippen molar-refractivity contribution in [1.29, 1.82) is 0 Å². The van der Waals surface area contributed by atoms with Gasteiger partial charge in [0, 0.05) is 12.7 Å². The first-order chi connectivity index (χ1) is 12.1. The highest BCUT2D eigenvalue weighted by atomic mass is 16.5. The number of nitrogens with zero attached hydrogens (tertiary/aromatic N) is 2. The Hall–Kier alpha value is -3.02. The highest BCUT2D eigenvalue weighted by Gasteiger charge is 2.12. The molecule has 2 aromatic heterocycles. The van der Waals surface area contributed by atoms with E-state index in [0.717, 1.165) is 23.6 Å². The molecule has 0 radical (unpaired) electrons. The summed E-state index contributed by atoms with van der Waals surface area (Å²) in [7, 11) is 0. The van der Waals surface area contributed by atoms with E-state index < -0.39 is 0 Å². The quantitative estimate of drug-likeness (QED) is 0.717. The van der Waals surface area contributed by atoms with E-state index in [1.165, 1.54) is 0 Å². The number of carbonyl (C=O) groups excluding carboxylic acids is 1. The predicted molar refractivity (Wildman–Crippen MR) is 93.3 cm³/mol. The largest absolute Gasteiger partial charge is 0.486 e. The first kappa shape index (κ1) is 16.8. The summed E-state index contributed by atoms with van der Waals surface area (Å²) in [5, 5.41) is 7.12. The molecule has 130 valence electrons. The fraction of sp³-hybridized carbons (Fsp3) is 0.263. The average molecular weight is 339 g/mol. The standard InChI is InChI=1S/C19H21N3O3/c1-3-22-10-9-15(21-22)12-20-19(23)18-8-7-17(25-18)13-24-16-6-4-5-14(2)11-16/h4-11H,3,12-13H2,1-2H3,(H,20,23). The summed E-state index contributed by atoms with van der Waals surface area (Å²) >= 11 is 0. The topological polar surface area (TPSA) is 69.3 Å². The minimum atomic E-state index is -0.271. The van der Waals surface area contributed by atoms with Gasteiger partial charge in [0.1, 0.15) is 18.1 Å². The van der Waals surface area contributed by atoms with Gasteiger partial charge in [0.15, 0.2) is 5.76 Å². The van der Waals surface area contributed by atoms with E-state index in [4.69, 9.17) is 9.15 Å². The number of aromatic nitrogens is 2. The zero-order valence-corrected chi connectivity index (χ0v) is 14.4. The molecule has 6 nitrogen and oxygen atoms in total. The summed E-state index contributed by atoms with van der Waals surface area (Å²) < 4.78 is 13.0. The normalized spacial score (nSPS) is 10.6. The number of carbonyl (C=O) groups is 1. The molecule has 0 saturated carbocycles. The number of benzene rings is 1. The third-order valence-electron chi connectivity index (χ3n) is 3.71. The third kappa shape index (κ3) is 4.50. The van der Waals surface area contributed by atoms with E-state index in [-0.39, 0.29) is 18.3 Å². The van der Waals surface area contributed by atoms with Crippen LogP contribution in [-0.4, -0.2) is 15.7 Å². The van der Waals surface area contributed by atoms with Crippen LogP contribution in [0.5, 0.6) is 5.75 Å². The van der Waals surface area contributed by atoms with Gasteiger partial charge >= 0.3 is 0 Å². The van der Waals surface area contributed by atoms with Crippen molar-refractivity contribution in [3.63, 3.8) is 0 Å². The third-order valence-corrected chi connectivity index (χ3v) is 3.71. The predicted octanol–water partition coefficient (Wildman–Crippen LogP) is 3.31. The molecule has 0 bridgehead atoms. The molecule has 0 fully saturated rings. The molecule has 1 N–H and O–H groups in total. The minimum absolute atomic E-state index is 0.262. The van der Waals surface area contributed by atoms with Crippen LogP contribution in [0.3, 0.4) is 0 Å². The SMILES string of the molecule is CCn1ccc(CNC(=O)c2ccc(COc3cccc(C)c3)o2)n1. The van der Waals surface area contributed by atoms with E-state index in [2.05, 4.69) is 10.4 Å². The van der Waals surface area contributed by atoms with Gasteiger partial charge in [0.2, 0.25) is 0 Å². The maximum absolute atomic E-state index is 12.1. The number of rotatable bonds is 7. The van der Waals surface area contributed by atoms with E-state index in [1.807, 2.05) is 55.1 Å². The van der Waals surface area contributed by atoms with Gasteiger partial charge < -0.3 is 14.5 Å². The zero-order chi connectivity index (χ0) is 17.6. The summed E-state index contributed by atoms with van der Waals surface area (Å²) in [6.45, 7) is 5.46. The average Bonchev–Trinajstić information content (AvgIpc) is 3.27. The van der Waals surface area contributed by atoms with Crippen molar-refractivity contribution in [1.82, 2.24) is 15.1 Å². The van der Waals surface area contributed by atoms with Crippen LogP contribution in [0.1, 0.15) is 34.5 Å². The van der Waals surface area contributed by atoms with Gasteiger partial charge in [-0.15, -0.1) is 0 Å². The Morgan fingerprint density at radius 3 is 2.92 bits per heavy atom. The minimum Gasteiger partial charge on any atom is -0.486 e. The number of amides is 1. The number of hydrogen-bond acceptors (Lipinski definition) is 4. The summed E-state index contributed by atoms with van der Waals surface area (Å²) in [5.41, 5.74) is 1.94. The Bertz CT molecular complexity index is 851. The number of hydrogen-bond donors (Lipinski definition) is 1. The van der Waals surface area contributed by atoms with Gasteiger partial charge in [-0.1, -0.05) is 12.1 Å². The van der Waals surface area contributed by atoms with Gasteiger partial charge in [-0.25, -0.2) is 0 Å². The van der Waals surface area contributed by atoms with Crippen LogP contribution in [0.25, 0.3) is 0 Å². The molecule has 0 spiro atoms. The molecular formula is C19H21N3O3. The zero-order valence-electron chi connectivity index (χ0n) is 14.4. The lowest BCUT2D eigenvalue weighted by Crippen LogP contribution is -2.22. The number of ether oxygens (including phenoxy) is 1. The van der Waals surface area contributed by atoms with Crippen molar-refractivity contribution in [3.8, 4) is 5.75 Å². The Morgan fingerprint density at radius 2 is 2.16 bits per heavy atom. The van der Waals surface area contributed by atoms with E-state index in [0.29, 0.717) is 12.3 Å². The maximum atomic E-state index is 12.1. The van der Waals surface area contributed by atoms with E-state index in [1.54, 1.807) is 12.1 Å². The smallest absolute Gasteiger partial charge is 0.287 e. The summed E-state index contributed by atoms with van der Waals surface area (Å²) in [6, 6.07) is 13.1. The Labute approximate surface area is 146 Å². The molecule has 0 aliphatic rings. The molecule has 0 unspecified atom stereocenters. The van der Waals surface area contributed by atoms with Gasteiger partial charge in [-0.05, 0) is 49.7 Å². The summed E-state index contributed by atoms with van der Waals surface area (Å²) in [5.74, 6) is 1.36. The van der Waals surface area contributed by atoms with Crippen LogP contribution in [0.2, 0.25) is 0 Å². The Balaban J connectivity index is 1.52. The number of furan rings is 1.